The molecular formula is C16H30N2O2. The third-order valence-corrected chi connectivity index (χ3v) is 3.66. The van der Waals surface area contributed by atoms with Crippen molar-refractivity contribution in [3.8, 4) is 11.8 Å². The maximum atomic E-state index is 9.37. The van der Waals surface area contributed by atoms with E-state index in [-0.39, 0.29) is 0 Å². The predicted molar refractivity (Wildman–Crippen MR) is 82.7 cm³/mol. The number of hydrogen-bond donors (Lipinski definition) is 1. The molecule has 1 aliphatic heterocycles. The van der Waals surface area contributed by atoms with Gasteiger partial charge >= 0.3 is 0 Å². The summed E-state index contributed by atoms with van der Waals surface area (Å²) in [5, 5.41) is 9.37. The van der Waals surface area contributed by atoms with Crippen LogP contribution in [0.4, 0.5) is 0 Å². The van der Waals surface area contributed by atoms with Crippen molar-refractivity contribution in [3.63, 3.8) is 0 Å². The van der Waals surface area contributed by atoms with Crippen LogP contribution in [0.15, 0.2) is 0 Å². The van der Waals surface area contributed by atoms with Gasteiger partial charge in [-0.2, -0.15) is 0 Å². The molecule has 1 atom stereocenters. The fourth-order valence-corrected chi connectivity index (χ4v) is 2.45. The summed E-state index contributed by atoms with van der Waals surface area (Å²) >= 11 is 0. The van der Waals surface area contributed by atoms with Gasteiger partial charge < -0.3 is 19.6 Å². The van der Waals surface area contributed by atoms with Gasteiger partial charge in [0.05, 0.1) is 6.61 Å². The summed E-state index contributed by atoms with van der Waals surface area (Å²) in [6.45, 7) is 8.63. The maximum absolute atomic E-state index is 9.37. The Morgan fingerprint density at radius 1 is 1.25 bits per heavy atom. The predicted octanol–water partition coefficient (Wildman–Crippen LogP) is 1.19. The number of likely N-dealkylation sites (N-methyl/N-ethyl adjacent to an activating group) is 1. The summed E-state index contributed by atoms with van der Waals surface area (Å²) in [5.41, 5.74) is 0. The Labute approximate surface area is 124 Å². The average Bonchev–Trinajstić information content (AvgIpc) is 2.46. The first-order valence-corrected chi connectivity index (χ1v) is 7.81. The van der Waals surface area contributed by atoms with Gasteiger partial charge in [0.1, 0.15) is 6.10 Å². The molecule has 4 nitrogen and oxygen atoms in total. The molecule has 0 bridgehead atoms. The van der Waals surface area contributed by atoms with Crippen LogP contribution in [0.2, 0.25) is 0 Å². The van der Waals surface area contributed by atoms with E-state index in [9.17, 15) is 5.11 Å². The summed E-state index contributed by atoms with van der Waals surface area (Å²) < 4.78 is 5.40. The van der Waals surface area contributed by atoms with Crippen molar-refractivity contribution in [3.05, 3.63) is 0 Å². The summed E-state index contributed by atoms with van der Waals surface area (Å²) in [5.74, 6) is 5.35. The zero-order chi connectivity index (χ0) is 14.6. The van der Waals surface area contributed by atoms with Gasteiger partial charge in [-0.3, -0.25) is 0 Å². The molecule has 0 aromatic heterocycles. The lowest BCUT2D eigenvalue weighted by atomic mass is 10.1. The number of hydrogen-bond acceptors (Lipinski definition) is 4. The molecule has 0 radical (unpaired) electrons. The van der Waals surface area contributed by atoms with Crippen molar-refractivity contribution < 1.29 is 9.84 Å². The van der Waals surface area contributed by atoms with E-state index in [2.05, 4.69) is 28.7 Å². The monoisotopic (exact) mass is 282 g/mol. The van der Waals surface area contributed by atoms with Crippen molar-refractivity contribution in [2.75, 3.05) is 53.0 Å². The molecule has 1 saturated heterocycles. The number of likely N-dealkylation sites (tertiary alicyclic amines) is 1. The molecule has 1 unspecified atom stereocenters. The number of aliphatic hydroxyl groups excluding tert-OH is 1. The lowest BCUT2D eigenvalue weighted by Gasteiger charge is -2.28. The second kappa shape index (κ2) is 11.1. The van der Waals surface area contributed by atoms with Crippen LogP contribution in [-0.2, 0) is 4.74 Å². The molecule has 116 valence electrons. The maximum Gasteiger partial charge on any atom is 0.137 e. The summed E-state index contributed by atoms with van der Waals surface area (Å²) in [6.07, 6.45) is 4.48. The van der Waals surface area contributed by atoms with Crippen molar-refractivity contribution >= 4 is 0 Å². The first-order chi connectivity index (χ1) is 9.72. The van der Waals surface area contributed by atoms with Gasteiger partial charge in [0, 0.05) is 26.2 Å². The molecule has 1 N–H and O–H groups in total. The zero-order valence-electron chi connectivity index (χ0n) is 13.1. The molecule has 0 amide bonds. The van der Waals surface area contributed by atoms with Gasteiger partial charge in [0.15, 0.2) is 0 Å². The van der Waals surface area contributed by atoms with E-state index in [0.29, 0.717) is 13.2 Å². The van der Waals surface area contributed by atoms with Crippen LogP contribution in [0.3, 0.4) is 0 Å². The topological polar surface area (TPSA) is 35.9 Å². The van der Waals surface area contributed by atoms with Crippen LogP contribution in [0.5, 0.6) is 0 Å². The van der Waals surface area contributed by atoms with Crippen LogP contribution in [0.25, 0.3) is 0 Å². The minimum atomic E-state index is -0.642. The van der Waals surface area contributed by atoms with E-state index >= 15 is 0 Å². The molecule has 1 rings (SSSR count). The number of piperidine rings is 1. The average molecular weight is 282 g/mol. The molecule has 0 spiro atoms. The molecule has 1 heterocycles. The van der Waals surface area contributed by atoms with E-state index in [1.807, 2.05) is 0 Å². The van der Waals surface area contributed by atoms with Gasteiger partial charge in [-0.25, -0.2) is 0 Å². The fraction of sp³-hybridized carbons (Fsp3) is 0.875. The molecule has 4 heteroatoms. The SMILES string of the molecule is CC#CC(O)COCCCN(C)CCN1CCCCC1. The lowest BCUT2D eigenvalue weighted by Crippen LogP contribution is -2.37. The highest BCUT2D eigenvalue weighted by Gasteiger charge is 2.10. The minimum Gasteiger partial charge on any atom is -0.378 e. The van der Waals surface area contributed by atoms with Gasteiger partial charge in [-0.05, 0) is 46.3 Å². The summed E-state index contributed by atoms with van der Waals surface area (Å²) in [7, 11) is 2.17. The quantitative estimate of drug-likeness (QED) is 0.509. The first-order valence-electron chi connectivity index (χ1n) is 7.81. The standard InChI is InChI=1S/C16H30N2O2/c1-3-8-16(19)15-20-14-7-9-17(2)12-13-18-10-5-4-6-11-18/h16,19H,4-7,9-15H2,1-2H3. The highest BCUT2D eigenvalue weighted by molar-refractivity contribution is 5.01. The number of nitrogens with zero attached hydrogens (tertiary/aromatic N) is 2. The Balaban J connectivity index is 1.93. The van der Waals surface area contributed by atoms with Crippen molar-refractivity contribution in [1.29, 1.82) is 0 Å². The Morgan fingerprint density at radius 3 is 2.70 bits per heavy atom. The molecule has 0 saturated carbocycles. The first kappa shape index (κ1) is 17.5. The molecule has 0 aliphatic carbocycles. The zero-order valence-corrected chi connectivity index (χ0v) is 13.1. The van der Waals surface area contributed by atoms with Crippen LogP contribution in [-0.4, -0.2) is 74.0 Å². The van der Waals surface area contributed by atoms with Crippen molar-refractivity contribution in [1.82, 2.24) is 9.80 Å². The van der Waals surface area contributed by atoms with Crippen LogP contribution in [0.1, 0.15) is 32.6 Å². The van der Waals surface area contributed by atoms with Gasteiger partial charge in [0.25, 0.3) is 0 Å². The Morgan fingerprint density at radius 2 is 2.00 bits per heavy atom. The van der Waals surface area contributed by atoms with E-state index in [1.165, 1.54) is 38.9 Å². The van der Waals surface area contributed by atoms with E-state index in [0.717, 1.165) is 19.5 Å². The van der Waals surface area contributed by atoms with Crippen LogP contribution >= 0.6 is 0 Å². The summed E-state index contributed by atoms with van der Waals surface area (Å²) in [6, 6.07) is 0. The second-order valence-corrected chi connectivity index (χ2v) is 5.54. The van der Waals surface area contributed by atoms with Gasteiger partial charge in [-0.15, -0.1) is 5.92 Å². The molecule has 0 aromatic carbocycles. The smallest absolute Gasteiger partial charge is 0.137 e. The highest BCUT2D eigenvalue weighted by atomic mass is 16.5. The highest BCUT2D eigenvalue weighted by Crippen LogP contribution is 2.07. The molecule has 0 aromatic rings. The normalized spacial score (nSPS) is 17.8. The van der Waals surface area contributed by atoms with E-state index < -0.39 is 6.10 Å². The Bertz CT molecular complexity index is 293. The Hall–Kier alpha value is -0.600. The number of aliphatic hydroxyl groups is 1. The van der Waals surface area contributed by atoms with Gasteiger partial charge in [0.2, 0.25) is 0 Å². The summed E-state index contributed by atoms with van der Waals surface area (Å²) in [4.78, 5) is 4.93. The van der Waals surface area contributed by atoms with E-state index in [4.69, 9.17) is 4.74 Å². The fourth-order valence-electron chi connectivity index (χ4n) is 2.45. The minimum absolute atomic E-state index is 0.318. The molecule has 20 heavy (non-hydrogen) atoms. The number of ether oxygens (including phenoxy) is 1. The lowest BCUT2D eigenvalue weighted by molar-refractivity contribution is 0.0590. The number of rotatable bonds is 9. The van der Waals surface area contributed by atoms with Gasteiger partial charge in [-0.1, -0.05) is 12.3 Å². The van der Waals surface area contributed by atoms with Crippen LogP contribution < -0.4 is 0 Å². The van der Waals surface area contributed by atoms with E-state index in [1.54, 1.807) is 6.92 Å². The molecule has 1 fully saturated rings. The molecule has 1 aliphatic rings. The third kappa shape index (κ3) is 8.55. The Kier molecular flexibility index (Phi) is 9.69. The van der Waals surface area contributed by atoms with Crippen molar-refractivity contribution in [2.45, 2.75) is 38.7 Å². The van der Waals surface area contributed by atoms with Crippen LogP contribution in [0, 0.1) is 11.8 Å². The van der Waals surface area contributed by atoms with Crippen molar-refractivity contribution in [2.24, 2.45) is 0 Å². The molecular weight excluding hydrogens is 252 g/mol. The second-order valence-electron chi connectivity index (χ2n) is 5.54. The third-order valence-electron chi connectivity index (χ3n) is 3.66. The largest absolute Gasteiger partial charge is 0.378 e.